The van der Waals surface area contributed by atoms with Crippen LogP contribution in [0.15, 0.2) is 16.7 Å². The molecule has 7 heteroatoms. The lowest BCUT2D eigenvalue weighted by Gasteiger charge is -2.20. The molecule has 0 amide bonds. The van der Waals surface area contributed by atoms with Crippen LogP contribution in [0.3, 0.4) is 0 Å². The fourth-order valence-electron chi connectivity index (χ4n) is 2.35. The number of hydrogen-bond acceptors (Lipinski definition) is 5. The van der Waals surface area contributed by atoms with Gasteiger partial charge in [-0.15, -0.1) is 0 Å². The van der Waals surface area contributed by atoms with Crippen molar-refractivity contribution in [2.75, 3.05) is 12.3 Å². The van der Waals surface area contributed by atoms with E-state index in [1.165, 1.54) is 0 Å². The average Bonchev–Trinajstić information content (AvgIpc) is 2.92. The SMILES string of the molecule is Nc1cc(-c2nc(CC3CCCCO3)no2)c(F)cc1F. The van der Waals surface area contributed by atoms with Crippen LogP contribution in [0, 0.1) is 11.6 Å². The molecule has 1 aliphatic rings. The zero-order valence-electron chi connectivity index (χ0n) is 11.3. The zero-order valence-corrected chi connectivity index (χ0v) is 11.3. The highest BCUT2D eigenvalue weighted by atomic mass is 19.1. The number of anilines is 1. The van der Waals surface area contributed by atoms with Gasteiger partial charge in [0, 0.05) is 19.1 Å². The second-order valence-electron chi connectivity index (χ2n) is 5.06. The number of nitrogens with zero attached hydrogens (tertiary/aromatic N) is 2. The number of hydrogen-bond donors (Lipinski definition) is 1. The van der Waals surface area contributed by atoms with E-state index in [-0.39, 0.29) is 23.2 Å². The maximum absolute atomic E-state index is 13.7. The highest BCUT2D eigenvalue weighted by Gasteiger charge is 2.20. The summed E-state index contributed by atoms with van der Waals surface area (Å²) in [7, 11) is 0. The summed E-state index contributed by atoms with van der Waals surface area (Å²) in [4.78, 5) is 4.13. The molecule has 1 fully saturated rings. The van der Waals surface area contributed by atoms with Crippen molar-refractivity contribution in [1.82, 2.24) is 10.1 Å². The Morgan fingerprint density at radius 1 is 1.24 bits per heavy atom. The van der Waals surface area contributed by atoms with Gasteiger partial charge in [-0.25, -0.2) is 8.78 Å². The standard InChI is InChI=1S/C14H15F2N3O2/c15-10-7-11(16)12(17)6-9(10)14-18-13(19-21-14)5-8-3-1-2-4-20-8/h6-8H,1-5,17H2. The third-order valence-electron chi connectivity index (χ3n) is 3.47. The first-order chi connectivity index (χ1) is 10.1. The molecule has 1 saturated heterocycles. The zero-order chi connectivity index (χ0) is 14.8. The van der Waals surface area contributed by atoms with E-state index in [9.17, 15) is 8.78 Å². The van der Waals surface area contributed by atoms with Crippen molar-refractivity contribution in [3.63, 3.8) is 0 Å². The second kappa shape index (κ2) is 5.77. The Morgan fingerprint density at radius 2 is 2.10 bits per heavy atom. The van der Waals surface area contributed by atoms with Gasteiger partial charge in [0.25, 0.3) is 5.89 Å². The summed E-state index contributed by atoms with van der Waals surface area (Å²) in [6.45, 7) is 0.735. The van der Waals surface area contributed by atoms with Crippen LogP contribution in [-0.4, -0.2) is 22.9 Å². The first kappa shape index (κ1) is 13.9. The molecule has 2 N–H and O–H groups in total. The number of rotatable bonds is 3. The van der Waals surface area contributed by atoms with Gasteiger partial charge in [-0.05, 0) is 25.3 Å². The highest BCUT2D eigenvalue weighted by molar-refractivity contribution is 5.61. The van der Waals surface area contributed by atoms with Crippen molar-refractivity contribution in [2.45, 2.75) is 31.8 Å². The Hall–Kier alpha value is -2.02. The average molecular weight is 295 g/mol. The number of halogens is 2. The molecule has 1 atom stereocenters. The molecule has 21 heavy (non-hydrogen) atoms. The van der Waals surface area contributed by atoms with Crippen LogP contribution in [0.4, 0.5) is 14.5 Å². The third-order valence-corrected chi connectivity index (χ3v) is 3.47. The molecule has 1 aromatic carbocycles. The summed E-state index contributed by atoms with van der Waals surface area (Å²) in [5, 5.41) is 3.81. The molecular weight excluding hydrogens is 280 g/mol. The van der Waals surface area contributed by atoms with E-state index in [1.54, 1.807) is 0 Å². The Morgan fingerprint density at radius 3 is 2.86 bits per heavy atom. The first-order valence-corrected chi connectivity index (χ1v) is 6.82. The lowest BCUT2D eigenvalue weighted by molar-refractivity contribution is 0.0153. The van der Waals surface area contributed by atoms with E-state index in [1.807, 2.05) is 0 Å². The normalized spacial score (nSPS) is 18.9. The minimum absolute atomic E-state index is 0.00258. The molecule has 112 valence electrons. The van der Waals surface area contributed by atoms with Crippen molar-refractivity contribution in [3.05, 3.63) is 29.6 Å². The summed E-state index contributed by atoms with van der Waals surface area (Å²) in [6.07, 6.45) is 3.70. The van der Waals surface area contributed by atoms with Crippen LogP contribution in [0.1, 0.15) is 25.1 Å². The summed E-state index contributed by atoms with van der Waals surface area (Å²) in [5.41, 5.74) is 5.26. The highest BCUT2D eigenvalue weighted by Crippen LogP contribution is 2.26. The smallest absolute Gasteiger partial charge is 0.260 e. The molecule has 2 heterocycles. The molecule has 2 aromatic rings. The van der Waals surface area contributed by atoms with Crippen molar-refractivity contribution in [2.24, 2.45) is 0 Å². The summed E-state index contributed by atoms with van der Waals surface area (Å²) in [5.74, 6) is -1.17. The van der Waals surface area contributed by atoms with Crippen molar-refractivity contribution in [1.29, 1.82) is 0 Å². The van der Waals surface area contributed by atoms with Gasteiger partial charge in [-0.1, -0.05) is 5.16 Å². The van der Waals surface area contributed by atoms with Gasteiger partial charge in [0.2, 0.25) is 0 Å². The second-order valence-corrected chi connectivity index (χ2v) is 5.06. The number of nitrogen functional groups attached to an aromatic ring is 1. The van der Waals surface area contributed by atoms with E-state index in [2.05, 4.69) is 10.1 Å². The Labute approximate surface area is 120 Å². The lowest BCUT2D eigenvalue weighted by atomic mass is 10.1. The van der Waals surface area contributed by atoms with E-state index in [0.29, 0.717) is 18.3 Å². The van der Waals surface area contributed by atoms with Crippen LogP contribution in [0.2, 0.25) is 0 Å². The van der Waals surface area contributed by atoms with Gasteiger partial charge in [0.1, 0.15) is 11.6 Å². The molecule has 1 aromatic heterocycles. The van der Waals surface area contributed by atoms with Crippen LogP contribution in [-0.2, 0) is 11.2 Å². The quantitative estimate of drug-likeness (QED) is 0.881. The van der Waals surface area contributed by atoms with Gasteiger partial charge < -0.3 is 15.0 Å². The molecule has 0 radical (unpaired) electrons. The molecule has 1 aliphatic heterocycles. The molecule has 5 nitrogen and oxygen atoms in total. The van der Waals surface area contributed by atoms with Crippen LogP contribution < -0.4 is 5.73 Å². The minimum atomic E-state index is -0.813. The summed E-state index contributed by atoms with van der Waals surface area (Å²) < 4.78 is 37.5. The molecule has 0 aliphatic carbocycles. The molecule has 0 bridgehead atoms. The van der Waals surface area contributed by atoms with Gasteiger partial charge in [-0.2, -0.15) is 4.98 Å². The van der Waals surface area contributed by atoms with Crippen LogP contribution in [0.25, 0.3) is 11.5 Å². The lowest BCUT2D eigenvalue weighted by Crippen LogP contribution is -2.21. The first-order valence-electron chi connectivity index (χ1n) is 6.82. The maximum atomic E-state index is 13.7. The number of ether oxygens (including phenoxy) is 1. The fourth-order valence-corrected chi connectivity index (χ4v) is 2.35. The fraction of sp³-hybridized carbons (Fsp3) is 0.429. The number of aromatic nitrogens is 2. The van der Waals surface area contributed by atoms with Gasteiger partial charge in [0.15, 0.2) is 5.82 Å². The number of nitrogens with two attached hydrogens (primary N) is 1. The van der Waals surface area contributed by atoms with E-state index >= 15 is 0 Å². The van der Waals surface area contributed by atoms with Crippen LogP contribution in [0.5, 0.6) is 0 Å². The predicted octanol–water partition coefficient (Wildman–Crippen LogP) is 2.71. The number of benzene rings is 1. The Bertz CT molecular complexity index is 639. The molecule has 1 unspecified atom stereocenters. The predicted molar refractivity (Wildman–Crippen MR) is 71.4 cm³/mol. The maximum Gasteiger partial charge on any atom is 0.260 e. The molecule has 3 rings (SSSR count). The van der Waals surface area contributed by atoms with Gasteiger partial charge in [-0.3, -0.25) is 0 Å². The minimum Gasteiger partial charge on any atom is -0.396 e. The molecule has 0 spiro atoms. The molecule has 0 saturated carbocycles. The van der Waals surface area contributed by atoms with E-state index < -0.39 is 11.6 Å². The van der Waals surface area contributed by atoms with Crippen LogP contribution >= 0.6 is 0 Å². The topological polar surface area (TPSA) is 74.2 Å². The Balaban J connectivity index is 1.79. The monoisotopic (exact) mass is 295 g/mol. The van der Waals surface area contributed by atoms with E-state index in [0.717, 1.165) is 31.9 Å². The van der Waals surface area contributed by atoms with Crippen molar-refractivity contribution >= 4 is 5.69 Å². The Kier molecular flexibility index (Phi) is 3.83. The third kappa shape index (κ3) is 3.02. The summed E-state index contributed by atoms with van der Waals surface area (Å²) in [6, 6.07) is 1.86. The van der Waals surface area contributed by atoms with Gasteiger partial charge in [0.05, 0.1) is 17.4 Å². The largest absolute Gasteiger partial charge is 0.396 e. The summed E-state index contributed by atoms with van der Waals surface area (Å²) >= 11 is 0. The van der Waals surface area contributed by atoms with Gasteiger partial charge >= 0.3 is 0 Å². The molecular formula is C14H15F2N3O2. The van der Waals surface area contributed by atoms with Crippen molar-refractivity contribution in [3.8, 4) is 11.5 Å². The van der Waals surface area contributed by atoms with E-state index in [4.69, 9.17) is 15.0 Å². The van der Waals surface area contributed by atoms with Crippen molar-refractivity contribution < 1.29 is 18.0 Å².